The van der Waals surface area contributed by atoms with E-state index in [4.69, 9.17) is 38.5 Å². The average molecular weight is 973 g/mol. The van der Waals surface area contributed by atoms with Crippen molar-refractivity contribution in [2.24, 2.45) is 34.8 Å². The second-order valence-electron chi connectivity index (χ2n) is 19.9. The number of amides is 2. The number of carbonyl (C=O) groups excluding carboxylic acids is 2. The summed E-state index contributed by atoms with van der Waals surface area (Å²) >= 11 is 0. The minimum Gasteiger partial charge on any atom is -0.479 e. The number of aliphatic hydroxyl groups excluding tert-OH is 3. The van der Waals surface area contributed by atoms with E-state index in [1.165, 1.54) is 44.9 Å². The smallest absolute Gasteiger partial charge is 0.474 e. The zero-order valence-corrected chi connectivity index (χ0v) is 41.1. The lowest BCUT2D eigenvalue weighted by Crippen LogP contribution is -2.71. The molecule has 21 nitrogen and oxygen atoms in total. The van der Waals surface area contributed by atoms with Gasteiger partial charge in [0.15, 0.2) is 37.0 Å². The van der Waals surface area contributed by atoms with Gasteiger partial charge in [0.25, 0.3) is 0 Å². The molecule has 2 fully saturated rings. The summed E-state index contributed by atoms with van der Waals surface area (Å²) in [7, 11) is -5.53. The number of aliphatic carboxylic acids is 2. The lowest BCUT2D eigenvalue weighted by Gasteiger charge is -2.50. The lowest BCUT2D eigenvalue weighted by molar-refractivity contribution is -0.353. The Morgan fingerprint density at radius 1 is 0.848 bits per heavy atom. The van der Waals surface area contributed by atoms with Crippen molar-refractivity contribution in [2.45, 2.75) is 206 Å². The van der Waals surface area contributed by atoms with Crippen LogP contribution in [0.15, 0.2) is 0 Å². The number of hydrogen-bond acceptors (Lipinski definition) is 16. The number of hydrogen-bond donors (Lipinski definition) is 9. The Balaban J connectivity index is 2.02. The number of nitrogens with one attached hydrogen (secondary N) is 1. The van der Waals surface area contributed by atoms with Crippen molar-refractivity contribution in [3.63, 3.8) is 0 Å². The molecule has 4 unspecified atom stereocenters. The highest BCUT2D eigenvalue weighted by Crippen LogP contribution is 2.49. The summed E-state index contributed by atoms with van der Waals surface area (Å²) in [6.07, 6.45) is -6.59. The standard InChI is InChI=1S/C44H81N2O19P/c1-25(2)13-12-15-26(3)16-17-28(5)18-21-43(7,8)20-11-10-14-27(4)19-22-59-31(38(51)52)24-60-66(57,58)65-41-35(36(64-42(45)55)44(9,56)37(63-41)39(53)54)62-40-32(46-29(6)48)34(50)33(49)30(23-47)61-40/h25-28,30-37,40-41,47,49-50,56H,10-24H2,1-9H3,(H2,45,55)(H,46,48)(H,51,52)(H,53,54)(H,57,58)/t26?,27?,28?,30-,31+,32-,33-,34-,35-,36-,37-,40+,41-,44+/m1/s1. The topological polar surface area (TPSA) is 330 Å². The summed E-state index contributed by atoms with van der Waals surface area (Å²) < 4.78 is 50.7. The molecule has 2 saturated heterocycles. The number of rotatable bonds is 31. The fraction of sp³-hybridized carbons (Fsp3) is 0.909. The second kappa shape index (κ2) is 27.6. The normalized spacial score (nSPS) is 29.9. The van der Waals surface area contributed by atoms with Gasteiger partial charge in [0.05, 0.1) is 13.2 Å². The molecule has 2 amide bonds. The van der Waals surface area contributed by atoms with Crippen molar-refractivity contribution >= 4 is 31.8 Å². The second-order valence-corrected chi connectivity index (χ2v) is 21.3. The molecule has 0 aliphatic carbocycles. The molecule has 2 aliphatic heterocycles. The Morgan fingerprint density at radius 3 is 2.02 bits per heavy atom. The van der Waals surface area contributed by atoms with Crippen LogP contribution in [0.4, 0.5) is 4.79 Å². The first-order valence-corrected chi connectivity index (χ1v) is 24.7. The molecule has 0 radical (unpaired) electrons. The van der Waals surface area contributed by atoms with Gasteiger partial charge in [0, 0.05) is 13.5 Å². The molecule has 0 spiro atoms. The number of carboxylic acids is 2. The number of phosphoric acid groups is 1. The van der Waals surface area contributed by atoms with Crippen molar-refractivity contribution < 1.29 is 92.0 Å². The van der Waals surface area contributed by atoms with Crippen LogP contribution in [0, 0.1) is 29.1 Å². The minimum atomic E-state index is -5.53. The number of phosphoric ester groups is 1. The first-order chi connectivity index (χ1) is 30.6. The molecule has 2 aliphatic rings. The largest absolute Gasteiger partial charge is 0.479 e. The molecule has 0 aromatic heterocycles. The maximum absolute atomic E-state index is 13.4. The van der Waals surface area contributed by atoms with Crippen LogP contribution in [-0.2, 0) is 51.7 Å². The summed E-state index contributed by atoms with van der Waals surface area (Å²) in [4.78, 5) is 59.2. The summed E-state index contributed by atoms with van der Waals surface area (Å²) in [6.45, 7) is 15.8. The van der Waals surface area contributed by atoms with E-state index in [0.717, 1.165) is 51.4 Å². The van der Waals surface area contributed by atoms with E-state index in [1.807, 2.05) is 6.92 Å². The molecular formula is C44H81N2O19P. The number of nitrogens with two attached hydrogens (primary N) is 1. The van der Waals surface area contributed by atoms with E-state index in [-0.39, 0.29) is 17.9 Å². The monoisotopic (exact) mass is 973 g/mol. The molecule has 0 bridgehead atoms. The first kappa shape index (κ1) is 59.6. The van der Waals surface area contributed by atoms with Gasteiger partial charge < -0.3 is 70.3 Å². The van der Waals surface area contributed by atoms with Crippen LogP contribution in [-0.4, -0.2) is 146 Å². The predicted octanol–water partition coefficient (Wildman–Crippen LogP) is 4.21. The highest BCUT2D eigenvalue weighted by Gasteiger charge is 2.61. The Labute approximate surface area is 389 Å². The van der Waals surface area contributed by atoms with Gasteiger partial charge in [-0.2, -0.15) is 0 Å². The van der Waals surface area contributed by atoms with Gasteiger partial charge in [-0.15, -0.1) is 0 Å². The molecule has 22 heteroatoms. The number of carbonyl (C=O) groups is 4. The van der Waals surface area contributed by atoms with E-state index >= 15 is 0 Å². The van der Waals surface area contributed by atoms with Crippen LogP contribution in [0.25, 0.3) is 0 Å². The molecule has 0 aromatic carbocycles. The van der Waals surface area contributed by atoms with Crippen LogP contribution >= 0.6 is 7.82 Å². The van der Waals surface area contributed by atoms with Crippen molar-refractivity contribution in [3.8, 4) is 0 Å². The van der Waals surface area contributed by atoms with Crippen molar-refractivity contribution in [1.82, 2.24) is 5.32 Å². The Hall–Kier alpha value is -2.53. The molecule has 15 atom stereocenters. The minimum absolute atomic E-state index is 0.0345. The van der Waals surface area contributed by atoms with Crippen LogP contribution in [0.5, 0.6) is 0 Å². The fourth-order valence-electron chi connectivity index (χ4n) is 8.22. The fourth-order valence-corrected chi connectivity index (χ4v) is 9.03. The summed E-state index contributed by atoms with van der Waals surface area (Å²) in [5.74, 6) is -1.82. The van der Waals surface area contributed by atoms with Gasteiger partial charge in [-0.05, 0) is 55.3 Å². The molecule has 386 valence electrons. The SMILES string of the molecule is CC(=O)N[C@H]1[C@H](O[C@H]2[C@@H](OP(=O)(O)OC[C@H](OCCC(C)CCCCC(C)(C)CCC(C)CCC(C)CCCC(C)C)C(=O)O)O[C@H](C(=O)O)[C@@](C)(O)[C@@H]2OC(N)=O)O[C@H](CO)[C@@H](O)[C@@H]1O. The third-order valence-electron chi connectivity index (χ3n) is 12.5. The third kappa shape index (κ3) is 20.2. The quantitative estimate of drug-likeness (QED) is 0.0347. The number of unbranched alkanes of at least 4 members (excludes halogenated alkanes) is 1. The maximum atomic E-state index is 13.4. The average Bonchev–Trinajstić information content (AvgIpc) is 3.20. The molecular weight excluding hydrogens is 891 g/mol. The van der Waals surface area contributed by atoms with Gasteiger partial charge in [-0.25, -0.2) is 18.9 Å². The third-order valence-corrected chi connectivity index (χ3v) is 13.5. The highest BCUT2D eigenvalue weighted by molar-refractivity contribution is 7.47. The highest BCUT2D eigenvalue weighted by atomic mass is 31.2. The summed E-state index contributed by atoms with van der Waals surface area (Å²) in [5, 5.41) is 64.3. The first-order valence-electron chi connectivity index (χ1n) is 23.2. The van der Waals surface area contributed by atoms with Crippen LogP contribution < -0.4 is 11.1 Å². The van der Waals surface area contributed by atoms with E-state index in [9.17, 15) is 59.3 Å². The summed E-state index contributed by atoms with van der Waals surface area (Å²) in [6, 6.07) is -1.67. The van der Waals surface area contributed by atoms with Crippen molar-refractivity contribution in [3.05, 3.63) is 0 Å². The van der Waals surface area contributed by atoms with E-state index in [2.05, 4.69) is 46.9 Å². The molecule has 10 N–H and O–H groups in total. The Kier molecular flexibility index (Phi) is 24.9. The molecule has 0 saturated carbocycles. The van der Waals surface area contributed by atoms with Crippen LogP contribution in [0.3, 0.4) is 0 Å². The van der Waals surface area contributed by atoms with E-state index in [1.54, 1.807) is 0 Å². The van der Waals surface area contributed by atoms with Crippen LogP contribution in [0.1, 0.15) is 139 Å². The number of carboxylic acid groups (broad SMARTS) is 2. The van der Waals surface area contributed by atoms with Gasteiger partial charge >= 0.3 is 25.9 Å². The van der Waals surface area contributed by atoms with E-state index in [0.29, 0.717) is 12.3 Å². The van der Waals surface area contributed by atoms with Gasteiger partial charge in [0.1, 0.15) is 30.0 Å². The van der Waals surface area contributed by atoms with Gasteiger partial charge in [0.2, 0.25) is 5.91 Å². The maximum Gasteiger partial charge on any atom is 0.474 e. The van der Waals surface area contributed by atoms with Crippen molar-refractivity contribution in [2.75, 3.05) is 19.8 Å². The molecule has 0 aromatic rings. The number of primary amides is 1. The van der Waals surface area contributed by atoms with Crippen molar-refractivity contribution in [1.29, 1.82) is 0 Å². The van der Waals surface area contributed by atoms with Crippen LogP contribution in [0.2, 0.25) is 0 Å². The summed E-state index contributed by atoms with van der Waals surface area (Å²) in [5.41, 5.74) is 2.69. The molecule has 66 heavy (non-hydrogen) atoms. The van der Waals surface area contributed by atoms with Gasteiger partial charge in [-0.3, -0.25) is 13.8 Å². The Morgan fingerprint density at radius 2 is 1.45 bits per heavy atom. The zero-order chi connectivity index (χ0) is 50.2. The number of aliphatic hydroxyl groups is 4. The Bertz CT molecular complexity index is 1550. The number of ether oxygens (including phenoxy) is 5. The predicted molar refractivity (Wildman–Crippen MR) is 237 cm³/mol. The van der Waals surface area contributed by atoms with E-state index < -0.39 is 112 Å². The molecule has 2 rings (SSSR count). The zero-order valence-electron chi connectivity index (χ0n) is 40.2. The molecule has 2 heterocycles. The van der Waals surface area contributed by atoms with Gasteiger partial charge in [-0.1, -0.05) is 106 Å². The lowest BCUT2D eigenvalue weighted by atomic mass is 9.79.